The van der Waals surface area contributed by atoms with Crippen LogP contribution in [0.5, 0.6) is 0 Å². The van der Waals surface area contributed by atoms with Crippen molar-refractivity contribution >= 4 is 19.8 Å². The summed E-state index contributed by atoms with van der Waals surface area (Å²) in [5.41, 5.74) is 0. The van der Waals surface area contributed by atoms with Gasteiger partial charge in [-0.1, -0.05) is 315 Å². The van der Waals surface area contributed by atoms with Crippen molar-refractivity contribution in [1.29, 1.82) is 0 Å². The monoisotopic (exact) mass is 1250 g/mol. The SMILES string of the molecule is CC/C=C\C/C=C\C/C=C\C/C=C\C/C=C\C/C=C\CCCCCCCCCCCCC(=O)OC(COC(=O)CCCCCCCCCCCCCCCCCCCCCCCC/C=C\C/C=C\C/C=C\C/C=C\CC)COP(=O)(O)OCC[N+](C)(C)C. The zero-order valence-corrected chi connectivity index (χ0v) is 58.6. The molecule has 1 N–H and O–H groups in total. The molecule has 10 heteroatoms. The fourth-order valence-electron chi connectivity index (χ4n) is 10.0. The van der Waals surface area contributed by atoms with E-state index >= 15 is 0 Å². The van der Waals surface area contributed by atoms with Crippen molar-refractivity contribution in [1.82, 2.24) is 0 Å². The van der Waals surface area contributed by atoms with E-state index in [1.54, 1.807) is 0 Å². The van der Waals surface area contributed by atoms with Gasteiger partial charge in [-0.2, -0.15) is 0 Å². The lowest BCUT2D eigenvalue weighted by Gasteiger charge is -2.24. The fraction of sp³-hybridized carbons (Fsp3) is 0.718. The lowest BCUT2D eigenvalue weighted by molar-refractivity contribution is -0.870. The number of unbranched alkanes of at least 4 members (excludes halogenated alkanes) is 32. The molecular formula is C78H137NO8P+. The lowest BCUT2D eigenvalue weighted by atomic mass is 10.0. The molecule has 0 saturated carbocycles. The van der Waals surface area contributed by atoms with Crippen LogP contribution in [0.1, 0.15) is 309 Å². The molecule has 0 amide bonds. The number of carbonyl (C=O) groups is 2. The van der Waals surface area contributed by atoms with Crippen molar-refractivity contribution in [2.45, 2.75) is 315 Å². The summed E-state index contributed by atoms with van der Waals surface area (Å²) in [6.45, 7) is 4.23. The number of hydrogen-bond donors (Lipinski definition) is 1. The Bertz CT molecular complexity index is 1900. The highest BCUT2D eigenvalue weighted by molar-refractivity contribution is 7.47. The van der Waals surface area contributed by atoms with E-state index in [-0.39, 0.29) is 32.0 Å². The zero-order chi connectivity index (χ0) is 64.1. The number of nitrogens with zero attached hydrogens (tertiary/aromatic N) is 1. The Morgan fingerprint density at radius 3 is 0.909 bits per heavy atom. The minimum Gasteiger partial charge on any atom is -0.462 e. The molecule has 0 aliphatic carbocycles. The van der Waals surface area contributed by atoms with Crippen LogP contribution in [0, 0.1) is 0 Å². The normalized spacial score (nSPS) is 13.8. The van der Waals surface area contributed by atoms with E-state index in [2.05, 4.69) is 135 Å². The number of ether oxygens (including phenoxy) is 2. The average molecular weight is 1250 g/mol. The topological polar surface area (TPSA) is 108 Å². The van der Waals surface area contributed by atoms with Gasteiger partial charge in [0.1, 0.15) is 19.8 Å². The Balaban J connectivity index is 4.02. The fourth-order valence-corrected chi connectivity index (χ4v) is 10.8. The second-order valence-electron chi connectivity index (χ2n) is 25.2. The summed E-state index contributed by atoms with van der Waals surface area (Å²) in [6, 6.07) is 0. The predicted molar refractivity (Wildman–Crippen MR) is 381 cm³/mol. The van der Waals surface area contributed by atoms with E-state index in [1.165, 1.54) is 167 Å². The standard InChI is InChI=1S/C78H136NO8P/c1-6-8-10-12-14-16-18-20-22-24-26-28-30-32-34-36-37-38-39-40-41-43-44-46-48-50-52-54-56-58-60-62-64-66-68-70-77(80)84-74-76(75-86-88(82,83)85-73-72-79(3,4)5)87-78(81)71-69-67-65-63-61-59-57-55-53-51-49-47-45-42-35-33-31-29-27-25-23-21-19-17-15-13-11-9-7-2/h8-11,14-17,20-23,26-29,33,35,45,47,76H,6-7,12-13,18-19,24-25,30-32,34,36-44,46,48-75H2,1-5H3/p+1/b10-8-,11-9-,16-14-,17-15-,22-20-,23-21-,28-26-,29-27-,35-33-,47-45-. The number of hydrogen-bond acceptors (Lipinski definition) is 7. The molecule has 0 bridgehead atoms. The van der Waals surface area contributed by atoms with E-state index in [9.17, 15) is 19.0 Å². The van der Waals surface area contributed by atoms with Crippen LogP contribution in [0.15, 0.2) is 122 Å². The van der Waals surface area contributed by atoms with Crippen LogP contribution in [0.3, 0.4) is 0 Å². The van der Waals surface area contributed by atoms with Crippen molar-refractivity contribution in [3.05, 3.63) is 122 Å². The smallest absolute Gasteiger partial charge is 0.462 e. The van der Waals surface area contributed by atoms with Gasteiger partial charge in [-0.3, -0.25) is 18.6 Å². The quantitative estimate of drug-likeness (QED) is 0.0211. The Hall–Kier alpha value is -3.59. The maximum Gasteiger partial charge on any atom is 0.472 e. The van der Waals surface area contributed by atoms with Gasteiger partial charge in [-0.25, -0.2) is 4.57 Å². The predicted octanol–water partition coefficient (Wildman–Crippen LogP) is 23.8. The number of phosphoric acid groups is 1. The molecule has 2 unspecified atom stereocenters. The van der Waals surface area contributed by atoms with E-state index in [4.69, 9.17) is 18.5 Å². The van der Waals surface area contributed by atoms with Crippen LogP contribution in [0.4, 0.5) is 0 Å². The van der Waals surface area contributed by atoms with Gasteiger partial charge in [0.2, 0.25) is 0 Å². The van der Waals surface area contributed by atoms with Crippen LogP contribution in [-0.4, -0.2) is 74.9 Å². The second-order valence-corrected chi connectivity index (χ2v) is 26.7. The van der Waals surface area contributed by atoms with Crippen molar-refractivity contribution in [2.24, 2.45) is 0 Å². The Morgan fingerprint density at radius 2 is 0.614 bits per heavy atom. The van der Waals surface area contributed by atoms with E-state index in [0.717, 1.165) is 109 Å². The number of phosphoric ester groups is 1. The molecule has 0 saturated heterocycles. The summed E-state index contributed by atoms with van der Waals surface area (Å²) in [6.07, 6.45) is 97.4. The highest BCUT2D eigenvalue weighted by Gasteiger charge is 2.27. The molecule has 0 aromatic carbocycles. The summed E-state index contributed by atoms with van der Waals surface area (Å²) in [5.74, 6) is -0.796. The lowest BCUT2D eigenvalue weighted by Crippen LogP contribution is -2.37. The Labute approximate surface area is 543 Å². The third-order valence-electron chi connectivity index (χ3n) is 15.5. The van der Waals surface area contributed by atoms with Gasteiger partial charge in [-0.05, 0) is 103 Å². The molecule has 0 radical (unpaired) electrons. The highest BCUT2D eigenvalue weighted by atomic mass is 31.2. The molecule has 0 aliphatic heterocycles. The highest BCUT2D eigenvalue weighted by Crippen LogP contribution is 2.43. The first-order valence-corrected chi connectivity index (χ1v) is 37.8. The van der Waals surface area contributed by atoms with Crippen LogP contribution in [-0.2, 0) is 32.7 Å². The second kappa shape index (κ2) is 67.8. The van der Waals surface area contributed by atoms with E-state index < -0.39 is 26.5 Å². The number of quaternary nitrogens is 1. The number of rotatable bonds is 66. The van der Waals surface area contributed by atoms with Crippen molar-refractivity contribution in [3.8, 4) is 0 Å². The first-order valence-electron chi connectivity index (χ1n) is 36.3. The van der Waals surface area contributed by atoms with Crippen molar-refractivity contribution in [2.75, 3.05) is 47.5 Å². The molecule has 0 rings (SSSR count). The summed E-state index contributed by atoms with van der Waals surface area (Å²) >= 11 is 0. The average Bonchev–Trinajstić information content (AvgIpc) is 3.68. The minimum absolute atomic E-state index is 0.0273. The van der Waals surface area contributed by atoms with Crippen LogP contribution < -0.4 is 0 Å². The summed E-state index contributed by atoms with van der Waals surface area (Å²) in [5, 5.41) is 0. The van der Waals surface area contributed by atoms with Gasteiger partial charge in [0, 0.05) is 12.8 Å². The molecule has 2 atom stereocenters. The number of esters is 2. The van der Waals surface area contributed by atoms with Gasteiger partial charge in [0.05, 0.1) is 27.7 Å². The first-order chi connectivity index (χ1) is 43.0. The van der Waals surface area contributed by atoms with Crippen LogP contribution >= 0.6 is 7.82 Å². The van der Waals surface area contributed by atoms with Crippen molar-refractivity contribution < 1.29 is 42.1 Å². The molecule has 9 nitrogen and oxygen atoms in total. The molecule has 0 aromatic heterocycles. The van der Waals surface area contributed by atoms with Gasteiger partial charge in [0.25, 0.3) is 0 Å². The van der Waals surface area contributed by atoms with Gasteiger partial charge < -0.3 is 18.9 Å². The van der Waals surface area contributed by atoms with Crippen molar-refractivity contribution in [3.63, 3.8) is 0 Å². The van der Waals surface area contributed by atoms with Gasteiger partial charge in [0.15, 0.2) is 6.10 Å². The zero-order valence-electron chi connectivity index (χ0n) is 57.7. The van der Waals surface area contributed by atoms with Gasteiger partial charge in [-0.15, -0.1) is 0 Å². The van der Waals surface area contributed by atoms with Gasteiger partial charge >= 0.3 is 19.8 Å². The molecule has 0 spiro atoms. The van der Waals surface area contributed by atoms with Crippen LogP contribution in [0.2, 0.25) is 0 Å². The molecule has 506 valence electrons. The summed E-state index contributed by atoms with van der Waals surface area (Å²) < 4.78 is 34.8. The molecule has 88 heavy (non-hydrogen) atoms. The number of carbonyl (C=O) groups excluding carboxylic acids is 2. The molecule has 0 aliphatic rings. The third kappa shape index (κ3) is 71.5. The maximum atomic E-state index is 12.9. The third-order valence-corrected chi connectivity index (χ3v) is 16.5. The molecule has 0 fully saturated rings. The maximum absolute atomic E-state index is 12.9. The summed E-state index contributed by atoms with van der Waals surface area (Å²) in [7, 11) is 1.47. The Morgan fingerprint density at radius 1 is 0.352 bits per heavy atom. The first kappa shape index (κ1) is 84.4. The largest absolute Gasteiger partial charge is 0.472 e. The number of likely N-dealkylation sites (N-methyl/N-ethyl adjacent to an activating group) is 1. The van der Waals surface area contributed by atoms with E-state index in [1.807, 2.05) is 21.1 Å². The molecule has 0 aromatic rings. The summed E-state index contributed by atoms with van der Waals surface area (Å²) in [4.78, 5) is 35.9. The minimum atomic E-state index is -4.40. The van der Waals surface area contributed by atoms with Crippen LogP contribution in [0.25, 0.3) is 0 Å². The van der Waals surface area contributed by atoms with E-state index in [0.29, 0.717) is 17.4 Å². The molecular weight excluding hydrogens is 1110 g/mol. The number of allylic oxidation sites excluding steroid dienone is 20. The Kier molecular flexibility index (Phi) is 65.0. The molecule has 0 heterocycles.